The fourth-order valence-electron chi connectivity index (χ4n) is 3.29. The number of hydrogen-bond acceptors (Lipinski definition) is 3. The van der Waals surface area contributed by atoms with E-state index in [1.54, 1.807) is 0 Å². The van der Waals surface area contributed by atoms with Crippen molar-refractivity contribution in [3.8, 4) is 0 Å². The zero-order valence-electron chi connectivity index (χ0n) is 13.8. The average Bonchev–Trinajstić information content (AvgIpc) is 3.00. The van der Waals surface area contributed by atoms with Crippen LogP contribution in [0, 0.1) is 0 Å². The topological polar surface area (TPSA) is 37.6 Å². The molecule has 1 saturated heterocycles. The molecule has 1 N–H and O–H groups in total. The molecule has 4 nitrogen and oxygen atoms in total. The summed E-state index contributed by atoms with van der Waals surface area (Å²) < 4.78 is 7.81. The van der Waals surface area contributed by atoms with E-state index in [9.17, 15) is 5.11 Å². The summed E-state index contributed by atoms with van der Waals surface area (Å²) in [6, 6.07) is 14.8. The van der Waals surface area contributed by atoms with Gasteiger partial charge in [-0.2, -0.15) is 0 Å². The summed E-state index contributed by atoms with van der Waals surface area (Å²) >= 11 is 0. The first kappa shape index (κ1) is 16.2. The zero-order chi connectivity index (χ0) is 16.1. The number of aromatic nitrogens is 1. The first-order chi connectivity index (χ1) is 11.2. The number of aryl methyl sites for hydroxylation is 2. The lowest BCUT2D eigenvalue weighted by Crippen LogP contribution is -2.44. The van der Waals surface area contributed by atoms with E-state index in [2.05, 4.69) is 59.1 Å². The van der Waals surface area contributed by atoms with Gasteiger partial charge in [-0.3, -0.25) is 4.90 Å². The minimum absolute atomic E-state index is 0.232. The van der Waals surface area contributed by atoms with Crippen molar-refractivity contribution < 1.29 is 9.84 Å². The van der Waals surface area contributed by atoms with Crippen LogP contribution in [0.5, 0.6) is 0 Å². The molecule has 1 aromatic carbocycles. The summed E-state index contributed by atoms with van der Waals surface area (Å²) in [5, 5.41) is 10.5. The third-order valence-corrected chi connectivity index (χ3v) is 4.62. The van der Waals surface area contributed by atoms with E-state index < -0.39 is 0 Å². The number of aliphatic hydroxyl groups excluding tert-OH is 1. The quantitative estimate of drug-likeness (QED) is 0.889. The van der Waals surface area contributed by atoms with Crippen LogP contribution in [0.4, 0.5) is 0 Å². The molecule has 2 unspecified atom stereocenters. The molecule has 0 bridgehead atoms. The maximum absolute atomic E-state index is 10.5. The van der Waals surface area contributed by atoms with Gasteiger partial charge in [0.05, 0.1) is 25.4 Å². The van der Waals surface area contributed by atoms with E-state index in [0.29, 0.717) is 13.2 Å². The van der Waals surface area contributed by atoms with Crippen LogP contribution in [0.25, 0.3) is 0 Å². The summed E-state index contributed by atoms with van der Waals surface area (Å²) in [4.78, 5) is 2.36. The molecule has 2 atom stereocenters. The van der Waals surface area contributed by atoms with Crippen LogP contribution in [0.1, 0.15) is 23.7 Å². The van der Waals surface area contributed by atoms with Crippen LogP contribution < -0.4 is 0 Å². The van der Waals surface area contributed by atoms with E-state index in [-0.39, 0.29) is 12.1 Å². The Hall–Kier alpha value is -1.62. The van der Waals surface area contributed by atoms with E-state index in [4.69, 9.17) is 4.74 Å². The highest BCUT2D eigenvalue weighted by molar-refractivity contribution is 5.15. The molecule has 1 aliphatic rings. The second-order valence-electron chi connectivity index (χ2n) is 6.31. The molecule has 23 heavy (non-hydrogen) atoms. The van der Waals surface area contributed by atoms with Gasteiger partial charge in [-0.1, -0.05) is 30.3 Å². The highest BCUT2D eigenvalue weighted by atomic mass is 16.5. The summed E-state index contributed by atoms with van der Waals surface area (Å²) in [5.74, 6) is 0. The van der Waals surface area contributed by atoms with Crippen molar-refractivity contribution in [2.45, 2.75) is 25.0 Å². The van der Waals surface area contributed by atoms with Crippen LogP contribution in [0.15, 0.2) is 48.7 Å². The largest absolute Gasteiger partial charge is 0.392 e. The van der Waals surface area contributed by atoms with Gasteiger partial charge in [0.2, 0.25) is 0 Å². The Morgan fingerprint density at radius 1 is 1.22 bits per heavy atom. The Bertz CT molecular complexity index is 596. The van der Waals surface area contributed by atoms with Crippen molar-refractivity contribution in [1.82, 2.24) is 9.47 Å². The lowest BCUT2D eigenvalue weighted by molar-refractivity contribution is -0.0305. The molecule has 1 aromatic heterocycles. The van der Waals surface area contributed by atoms with E-state index in [1.807, 2.05) is 6.07 Å². The molecule has 1 aliphatic heterocycles. The van der Waals surface area contributed by atoms with Gasteiger partial charge in [0.25, 0.3) is 0 Å². The standard InChI is InChI=1S/C19H26N2O2/c1-20-11-5-8-18(20)19-15-23-13-12-21(19)14-17(22)10-9-16-6-3-2-4-7-16/h2-8,11,17,19,22H,9-10,12-15H2,1H3. The fourth-order valence-corrected chi connectivity index (χ4v) is 3.29. The van der Waals surface area contributed by atoms with Crippen LogP contribution in [-0.4, -0.2) is 47.0 Å². The maximum Gasteiger partial charge on any atom is 0.0739 e. The normalized spacial score (nSPS) is 20.5. The number of ether oxygens (including phenoxy) is 1. The molecule has 2 aromatic rings. The smallest absolute Gasteiger partial charge is 0.0739 e. The monoisotopic (exact) mass is 314 g/mol. The Morgan fingerprint density at radius 2 is 2.04 bits per heavy atom. The SMILES string of the molecule is Cn1cccc1C1COCCN1CC(O)CCc1ccccc1. The first-order valence-electron chi connectivity index (χ1n) is 8.39. The van der Waals surface area contributed by atoms with Gasteiger partial charge in [0, 0.05) is 32.0 Å². The molecule has 124 valence electrons. The number of morpholine rings is 1. The Balaban J connectivity index is 1.57. The van der Waals surface area contributed by atoms with E-state index >= 15 is 0 Å². The van der Waals surface area contributed by atoms with Crippen molar-refractivity contribution in [2.75, 3.05) is 26.3 Å². The average molecular weight is 314 g/mol. The molecular weight excluding hydrogens is 288 g/mol. The molecule has 0 amide bonds. The predicted octanol–water partition coefficient (Wildman–Crippen LogP) is 2.39. The maximum atomic E-state index is 10.5. The number of benzene rings is 1. The van der Waals surface area contributed by atoms with Gasteiger partial charge in [-0.15, -0.1) is 0 Å². The van der Waals surface area contributed by atoms with Crippen LogP contribution in [0.2, 0.25) is 0 Å². The fraction of sp³-hybridized carbons (Fsp3) is 0.474. The summed E-state index contributed by atoms with van der Waals surface area (Å²) in [7, 11) is 2.06. The van der Waals surface area contributed by atoms with Gasteiger partial charge in [0.15, 0.2) is 0 Å². The number of nitrogens with zero attached hydrogens (tertiary/aromatic N) is 2. The van der Waals surface area contributed by atoms with Gasteiger partial charge < -0.3 is 14.4 Å². The van der Waals surface area contributed by atoms with E-state index in [1.165, 1.54) is 11.3 Å². The molecule has 0 spiro atoms. The van der Waals surface area contributed by atoms with Gasteiger partial charge in [-0.25, -0.2) is 0 Å². The Labute approximate surface area is 138 Å². The van der Waals surface area contributed by atoms with Crippen LogP contribution >= 0.6 is 0 Å². The second-order valence-corrected chi connectivity index (χ2v) is 6.31. The minimum atomic E-state index is -0.309. The second kappa shape index (κ2) is 7.77. The van der Waals surface area contributed by atoms with Crippen molar-refractivity contribution >= 4 is 0 Å². The Morgan fingerprint density at radius 3 is 2.78 bits per heavy atom. The van der Waals surface area contributed by atoms with Gasteiger partial charge in [0.1, 0.15) is 0 Å². The van der Waals surface area contributed by atoms with Crippen LogP contribution in [0.3, 0.4) is 0 Å². The first-order valence-corrected chi connectivity index (χ1v) is 8.39. The molecule has 0 saturated carbocycles. The third kappa shape index (κ3) is 4.22. The number of rotatable bonds is 6. The lowest BCUT2D eigenvalue weighted by atomic mass is 10.1. The molecule has 1 fully saturated rings. The molecule has 2 heterocycles. The predicted molar refractivity (Wildman–Crippen MR) is 91.3 cm³/mol. The van der Waals surface area contributed by atoms with Crippen LogP contribution in [-0.2, 0) is 18.2 Å². The van der Waals surface area contributed by atoms with Crippen molar-refractivity contribution in [1.29, 1.82) is 0 Å². The highest BCUT2D eigenvalue weighted by Gasteiger charge is 2.27. The minimum Gasteiger partial charge on any atom is -0.392 e. The number of aliphatic hydroxyl groups is 1. The van der Waals surface area contributed by atoms with Gasteiger partial charge in [-0.05, 0) is 30.5 Å². The third-order valence-electron chi connectivity index (χ3n) is 4.62. The van der Waals surface area contributed by atoms with Crippen molar-refractivity contribution in [3.05, 3.63) is 59.9 Å². The van der Waals surface area contributed by atoms with Crippen molar-refractivity contribution in [2.24, 2.45) is 7.05 Å². The summed E-state index contributed by atoms with van der Waals surface area (Å²) in [5.41, 5.74) is 2.53. The van der Waals surface area contributed by atoms with Gasteiger partial charge >= 0.3 is 0 Å². The molecule has 4 heteroatoms. The van der Waals surface area contributed by atoms with Crippen molar-refractivity contribution in [3.63, 3.8) is 0 Å². The van der Waals surface area contributed by atoms with E-state index in [0.717, 1.165) is 26.0 Å². The number of hydrogen-bond donors (Lipinski definition) is 1. The molecular formula is C19H26N2O2. The zero-order valence-corrected chi connectivity index (χ0v) is 13.8. The molecule has 3 rings (SSSR count). The number of β-amino-alcohol motifs (C(OH)–C–C–N with tert-alkyl or cyclic N) is 1. The summed E-state index contributed by atoms with van der Waals surface area (Å²) in [6.45, 7) is 3.01. The molecule has 0 aliphatic carbocycles. The Kier molecular flexibility index (Phi) is 5.49. The molecule has 0 radical (unpaired) electrons. The highest BCUT2D eigenvalue weighted by Crippen LogP contribution is 2.24. The lowest BCUT2D eigenvalue weighted by Gasteiger charge is -2.37. The summed E-state index contributed by atoms with van der Waals surface area (Å²) in [6.07, 6.45) is 3.46.